The zero-order chi connectivity index (χ0) is 20.5. The predicted octanol–water partition coefficient (Wildman–Crippen LogP) is 2.00. The highest BCUT2D eigenvalue weighted by molar-refractivity contribution is 5.68. The van der Waals surface area contributed by atoms with Crippen LogP contribution in [0, 0.1) is 0 Å². The van der Waals surface area contributed by atoms with Gasteiger partial charge in [0.25, 0.3) is 5.95 Å². The summed E-state index contributed by atoms with van der Waals surface area (Å²) in [6.07, 6.45) is 1.57. The Labute approximate surface area is 169 Å². The van der Waals surface area contributed by atoms with E-state index in [-0.39, 0.29) is 12.0 Å². The van der Waals surface area contributed by atoms with E-state index in [0.29, 0.717) is 51.2 Å². The third-order valence-electron chi connectivity index (χ3n) is 4.58. The fourth-order valence-electron chi connectivity index (χ4n) is 3.08. The molecule has 0 bridgehead atoms. The van der Waals surface area contributed by atoms with E-state index in [2.05, 4.69) is 32.4 Å². The van der Waals surface area contributed by atoms with Crippen LogP contribution >= 0.6 is 0 Å². The van der Waals surface area contributed by atoms with E-state index in [1.54, 1.807) is 11.8 Å². The van der Waals surface area contributed by atoms with Crippen molar-refractivity contribution in [1.29, 1.82) is 0 Å². The molecule has 1 amide bonds. The Morgan fingerprint density at radius 3 is 2.52 bits per heavy atom. The number of aromatic nitrogens is 3. The van der Waals surface area contributed by atoms with Crippen LogP contribution in [0.5, 0.6) is 0 Å². The van der Waals surface area contributed by atoms with Crippen molar-refractivity contribution in [2.75, 3.05) is 55.0 Å². The average Bonchev–Trinajstić information content (AvgIpc) is 2.77. The molecule has 2 aromatic rings. The summed E-state index contributed by atoms with van der Waals surface area (Å²) < 4.78 is 5.04. The number of nitrogens with zero attached hydrogens (tertiary/aromatic N) is 5. The van der Waals surface area contributed by atoms with Crippen molar-refractivity contribution in [3.05, 3.63) is 35.9 Å². The maximum absolute atomic E-state index is 11.8. The molecule has 3 N–H and O–H groups in total. The number of benzene rings is 1. The van der Waals surface area contributed by atoms with Crippen molar-refractivity contribution >= 4 is 23.9 Å². The zero-order valence-electron chi connectivity index (χ0n) is 16.5. The smallest absolute Gasteiger partial charge is 0.409 e. The van der Waals surface area contributed by atoms with Gasteiger partial charge in [0.15, 0.2) is 0 Å². The van der Waals surface area contributed by atoms with Crippen LogP contribution in [0.1, 0.15) is 18.9 Å². The minimum atomic E-state index is -0.304. The lowest BCUT2D eigenvalue weighted by Crippen LogP contribution is -2.49. The topological polar surface area (TPSA) is 116 Å². The Bertz CT molecular complexity index is 783. The van der Waals surface area contributed by atoms with Gasteiger partial charge in [-0.15, -0.1) is 0 Å². The van der Waals surface area contributed by atoms with Crippen molar-refractivity contribution in [1.82, 2.24) is 19.9 Å². The number of piperazine rings is 1. The normalized spacial score (nSPS) is 13.9. The minimum Gasteiger partial charge on any atom is -0.450 e. The summed E-state index contributed by atoms with van der Waals surface area (Å²) in [7, 11) is 0. The van der Waals surface area contributed by atoms with Gasteiger partial charge >= 0.3 is 6.09 Å². The summed E-state index contributed by atoms with van der Waals surface area (Å²) in [6.45, 7) is 5.02. The van der Waals surface area contributed by atoms with Gasteiger partial charge in [-0.05, 0) is 25.3 Å². The molecule has 0 atom stereocenters. The summed E-state index contributed by atoms with van der Waals surface area (Å²) in [4.78, 5) is 28.3. The predicted molar refractivity (Wildman–Crippen MR) is 109 cm³/mol. The molecule has 0 aliphatic carbocycles. The fourth-order valence-corrected chi connectivity index (χ4v) is 3.08. The molecule has 3 rings (SSSR count). The maximum Gasteiger partial charge on any atom is 0.409 e. The van der Waals surface area contributed by atoms with Gasteiger partial charge in [0.2, 0.25) is 11.9 Å². The fraction of sp³-hybridized carbons (Fsp3) is 0.474. The number of aryl methyl sites for hydroxylation is 1. The van der Waals surface area contributed by atoms with E-state index < -0.39 is 0 Å². The molecule has 0 radical (unpaired) electrons. The molecule has 0 spiro atoms. The largest absolute Gasteiger partial charge is 0.450 e. The molecule has 1 aliphatic heterocycles. The van der Waals surface area contributed by atoms with Crippen LogP contribution in [0.3, 0.4) is 0 Å². The highest BCUT2D eigenvalue weighted by Gasteiger charge is 2.24. The van der Waals surface area contributed by atoms with Crippen LogP contribution in [0.2, 0.25) is 0 Å². The average molecular weight is 401 g/mol. The molecule has 1 aromatic heterocycles. The van der Waals surface area contributed by atoms with Gasteiger partial charge in [0.05, 0.1) is 6.61 Å². The minimum absolute atomic E-state index is 0.0772. The third-order valence-corrected chi connectivity index (χ3v) is 4.58. The first-order valence-corrected chi connectivity index (χ1v) is 9.80. The van der Waals surface area contributed by atoms with Gasteiger partial charge in [0.1, 0.15) is 0 Å². The molecule has 0 saturated carbocycles. The molecule has 29 heavy (non-hydrogen) atoms. The second kappa shape index (κ2) is 10.4. The van der Waals surface area contributed by atoms with E-state index in [0.717, 1.165) is 12.8 Å². The number of carbonyl (C=O) groups excluding carboxylic acids is 1. The highest BCUT2D eigenvalue weighted by atomic mass is 16.6. The summed E-state index contributed by atoms with van der Waals surface area (Å²) in [5, 5.41) is 12.4. The molecule has 1 fully saturated rings. The Morgan fingerprint density at radius 1 is 1.10 bits per heavy atom. The van der Waals surface area contributed by atoms with Crippen LogP contribution in [0.15, 0.2) is 30.3 Å². The number of amides is 1. The van der Waals surface area contributed by atoms with Crippen molar-refractivity contribution in [3.63, 3.8) is 0 Å². The number of nitrogens with one attached hydrogen (secondary N) is 2. The van der Waals surface area contributed by atoms with Crippen LogP contribution in [0.4, 0.5) is 22.6 Å². The van der Waals surface area contributed by atoms with Gasteiger partial charge in [-0.3, -0.25) is 5.21 Å². The molecular weight excluding hydrogens is 374 g/mol. The number of anilines is 3. The first-order valence-electron chi connectivity index (χ1n) is 9.80. The Balaban J connectivity index is 1.55. The Morgan fingerprint density at radius 2 is 1.83 bits per heavy atom. The molecule has 1 aromatic carbocycles. The summed E-state index contributed by atoms with van der Waals surface area (Å²) in [5.41, 5.74) is 3.27. The number of hydrogen-bond donors (Lipinski definition) is 3. The Kier molecular flexibility index (Phi) is 7.40. The van der Waals surface area contributed by atoms with Crippen LogP contribution in [0.25, 0.3) is 0 Å². The van der Waals surface area contributed by atoms with Crippen LogP contribution in [-0.4, -0.2) is 70.5 Å². The SMILES string of the molecule is CCOC(=O)N1CCN(c2nc(NO)nc(NCCCc3ccccc3)n2)CC1. The van der Waals surface area contributed by atoms with Gasteiger partial charge in [-0.2, -0.15) is 15.0 Å². The molecule has 1 aliphatic rings. The summed E-state index contributed by atoms with van der Waals surface area (Å²) >= 11 is 0. The second-order valence-corrected chi connectivity index (χ2v) is 6.58. The summed E-state index contributed by atoms with van der Waals surface area (Å²) in [5.74, 6) is 0.923. The van der Waals surface area contributed by atoms with E-state index in [1.165, 1.54) is 5.56 Å². The van der Waals surface area contributed by atoms with Gasteiger partial charge in [-0.1, -0.05) is 30.3 Å². The van der Waals surface area contributed by atoms with E-state index in [9.17, 15) is 10.0 Å². The van der Waals surface area contributed by atoms with Crippen LogP contribution in [-0.2, 0) is 11.2 Å². The molecule has 0 unspecified atom stereocenters. The summed E-state index contributed by atoms with van der Waals surface area (Å²) in [6, 6.07) is 10.3. The number of carbonyl (C=O) groups is 1. The first kappa shape index (κ1) is 20.6. The van der Waals surface area contributed by atoms with E-state index in [1.807, 2.05) is 28.6 Å². The number of ether oxygens (including phenoxy) is 1. The van der Waals surface area contributed by atoms with Gasteiger partial charge < -0.3 is 19.9 Å². The third kappa shape index (κ3) is 5.92. The Hall–Kier alpha value is -3.14. The molecule has 1 saturated heterocycles. The van der Waals surface area contributed by atoms with Crippen molar-refractivity contribution < 1.29 is 14.7 Å². The lowest BCUT2D eigenvalue weighted by molar-refractivity contribution is 0.105. The highest BCUT2D eigenvalue weighted by Crippen LogP contribution is 2.16. The van der Waals surface area contributed by atoms with Crippen molar-refractivity contribution in [2.45, 2.75) is 19.8 Å². The quantitative estimate of drug-likeness (QED) is 0.451. The van der Waals surface area contributed by atoms with Crippen molar-refractivity contribution in [2.24, 2.45) is 0 Å². The van der Waals surface area contributed by atoms with Crippen LogP contribution < -0.4 is 15.7 Å². The second-order valence-electron chi connectivity index (χ2n) is 6.58. The lowest BCUT2D eigenvalue weighted by Gasteiger charge is -2.34. The van der Waals surface area contributed by atoms with Gasteiger partial charge in [0, 0.05) is 32.7 Å². The maximum atomic E-state index is 11.8. The monoisotopic (exact) mass is 401 g/mol. The first-order chi connectivity index (χ1) is 14.2. The molecular formula is C19H27N7O3. The number of rotatable bonds is 8. The van der Waals surface area contributed by atoms with Crippen molar-refractivity contribution in [3.8, 4) is 0 Å². The molecule has 10 heteroatoms. The number of hydrogen-bond acceptors (Lipinski definition) is 9. The van der Waals surface area contributed by atoms with E-state index in [4.69, 9.17) is 4.74 Å². The zero-order valence-corrected chi connectivity index (χ0v) is 16.5. The molecule has 2 heterocycles. The van der Waals surface area contributed by atoms with E-state index >= 15 is 0 Å². The van der Waals surface area contributed by atoms with Gasteiger partial charge in [-0.25, -0.2) is 10.3 Å². The molecule has 10 nitrogen and oxygen atoms in total. The lowest BCUT2D eigenvalue weighted by atomic mass is 10.1. The molecule has 156 valence electrons. The standard InChI is InChI=1S/C19H27N7O3/c1-2-29-19(27)26-13-11-25(12-14-26)18-22-16(21-17(23-18)24-28)20-10-6-9-15-7-4-3-5-8-15/h3-5,7-8,28H,2,6,9-14H2,1H3,(H2,20,21,22,23,24).